The molecular weight excluding hydrogens is 387 g/mol. The molecule has 1 heterocycles. The van der Waals surface area contributed by atoms with Gasteiger partial charge < -0.3 is 0 Å². The molecule has 0 unspecified atom stereocenters. The van der Waals surface area contributed by atoms with E-state index in [0.717, 1.165) is 13.9 Å². The molecule has 0 atom stereocenters. The van der Waals surface area contributed by atoms with Crippen molar-refractivity contribution in [3.63, 3.8) is 0 Å². The van der Waals surface area contributed by atoms with E-state index in [1.807, 2.05) is 12.1 Å². The van der Waals surface area contributed by atoms with E-state index in [0.29, 0.717) is 15.7 Å². The second kappa shape index (κ2) is 6.80. The lowest BCUT2D eigenvalue weighted by molar-refractivity contribution is 0.578. The molecule has 8 heteroatoms. The van der Waals surface area contributed by atoms with E-state index in [9.17, 15) is 8.42 Å². The first-order valence-corrected chi connectivity index (χ1v) is 9.88. The molecule has 0 bridgehead atoms. The Bertz CT molecular complexity index is 966. The fourth-order valence-electron chi connectivity index (χ4n) is 2.06. The Kier molecular flexibility index (Phi) is 4.92. The van der Waals surface area contributed by atoms with Gasteiger partial charge in [-0.3, -0.25) is 0 Å². The minimum atomic E-state index is -3.75. The van der Waals surface area contributed by atoms with Crippen LogP contribution in [0.15, 0.2) is 69.4 Å². The summed E-state index contributed by atoms with van der Waals surface area (Å²) in [4.78, 5) is 1.85. The molecule has 4 nitrogen and oxygen atoms in total. The van der Waals surface area contributed by atoms with Crippen LogP contribution in [-0.2, 0) is 10.0 Å². The molecule has 0 N–H and O–H groups in total. The molecule has 0 saturated heterocycles. The molecule has 0 aliphatic heterocycles. The minimum Gasteiger partial charge on any atom is -0.199 e. The first-order valence-electron chi connectivity index (χ1n) is 6.87. The van der Waals surface area contributed by atoms with Crippen LogP contribution in [0.1, 0.15) is 5.69 Å². The SMILES string of the molecule is Cc1c(Sc2ccc(Cl)cc2)cnn1S(=O)(=O)c1ccc(Cl)cc1. The molecule has 3 aromatic rings. The summed E-state index contributed by atoms with van der Waals surface area (Å²) >= 11 is 13.1. The number of halogens is 2. The average Bonchev–Trinajstić information content (AvgIpc) is 2.92. The highest BCUT2D eigenvalue weighted by Crippen LogP contribution is 2.32. The molecule has 0 saturated carbocycles. The van der Waals surface area contributed by atoms with Gasteiger partial charge >= 0.3 is 0 Å². The lowest BCUT2D eigenvalue weighted by atomic mass is 10.4. The fraction of sp³-hybridized carbons (Fsp3) is 0.0625. The number of rotatable bonds is 4. The van der Waals surface area contributed by atoms with Gasteiger partial charge in [-0.05, 0) is 55.5 Å². The Morgan fingerprint density at radius 1 is 0.958 bits per heavy atom. The molecular formula is C16H12Cl2N2O2S2. The first-order chi connectivity index (χ1) is 11.4. The van der Waals surface area contributed by atoms with E-state index in [-0.39, 0.29) is 4.90 Å². The maximum absolute atomic E-state index is 12.7. The zero-order valence-electron chi connectivity index (χ0n) is 12.5. The molecule has 24 heavy (non-hydrogen) atoms. The Balaban J connectivity index is 1.94. The van der Waals surface area contributed by atoms with E-state index in [4.69, 9.17) is 23.2 Å². The van der Waals surface area contributed by atoms with Crippen molar-refractivity contribution >= 4 is 45.0 Å². The Hall–Kier alpha value is -1.47. The van der Waals surface area contributed by atoms with Gasteiger partial charge in [-0.15, -0.1) is 0 Å². The predicted molar refractivity (Wildman–Crippen MR) is 96.6 cm³/mol. The summed E-state index contributed by atoms with van der Waals surface area (Å²) in [6.07, 6.45) is 1.54. The topological polar surface area (TPSA) is 52.0 Å². The number of hydrogen-bond acceptors (Lipinski definition) is 4. The zero-order valence-corrected chi connectivity index (χ0v) is 15.6. The van der Waals surface area contributed by atoms with Gasteiger partial charge in [0, 0.05) is 14.9 Å². The van der Waals surface area contributed by atoms with Crippen molar-refractivity contribution in [1.29, 1.82) is 0 Å². The molecule has 124 valence electrons. The minimum absolute atomic E-state index is 0.140. The monoisotopic (exact) mass is 398 g/mol. The summed E-state index contributed by atoms with van der Waals surface area (Å²) in [5.41, 5.74) is 0.546. The highest BCUT2D eigenvalue weighted by Gasteiger charge is 2.21. The summed E-state index contributed by atoms with van der Waals surface area (Å²) in [6, 6.07) is 13.3. The van der Waals surface area contributed by atoms with Crippen LogP contribution in [0.25, 0.3) is 0 Å². The molecule has 0 amide bonds. The smallest absolute Gasteiger partial charge is 0.199 e. The van der Waals surface area contributed by atoms with E-state index in [2.05, 4.69) is 5.10 Å². The Morgan fingerprint density at radius 2 is 1.50 bits per heavy atom. The van der Waals surface area contributed by atoms with Crippen molar-refractivity contribution in [1.82, 2.24) is 9.19 Å². The van der Waals surface area contributed by atoms with E-state index in [1.165, 1.54) is 36.0 Å². The van der Waals surface area contributed by atoms with Gasteiger partial charge in [0.05, 0.1) is 21.7 Å². The van der Waals surface area contributed by atoms with Crippen molar-refractivity contribution < 1.29 is 8.42 Å². The second-order valence-corrected chi connectivity index (χ2v) is 8.71. The molecule has 0 fully saturated rings. The van der Waals surface area contributed by atoms with Crippen LogP contribution < -0.4 is 0 Å². The van der Waals surface area contributed by atoms with Crippen LogP contribution in [0.3, 0.4) is 0 Å². The number of benzene rings is 2. The normalized spacial score (nSPS) is 11.6. The maximum atomic E-state index is 12.7. The average molecular weight is 399 g/mol. The third kappa shape index (κ3) is 3.47. The zero-order chi connectivity index (χ0) is 17.3. The quantitative estimate of drug-likeness (QED) is 0.627. The Morgan fingerprint density at radius 3 is 2.08 bits per heavy atom. The van der Waals surface area contributed by atoms with Gasteiger partial charge in [0.15, 0.2) is 0 Å². The highest BCUT2D eigenvalue weighted by atomic mass is 35.5. The molecule has 0 radical (unpaired) electrons. The maximum Gasteiger partial charge on any atom is 0.283 e. The van der Waals surface area contributed by atoms with Crippen molar-refractivity contribution in [3.8, 4) is 0 Å². The predicted octanol–water partition coefficient (Wildman–Crippen LogP) is 4.89. The summed E-state index contributed by atoms with van der Waals surface area (Å²) in [5, 5.41) is 5.18. The van der Waals surface area contributed by atoms with Crippen molar-refractivity contribution in [2.45, 2.75) is 21.6 Å². The van der Waals surface area contributed by atoms with E-state index >= 15 is 0 Å². The standard InChI is InChI=1S/C16H12Cl2N2O2S2/c1-11-16(23-14-6-2-12(17)3-7-14)10-19-20(11)24(21,22)15-8-4-13(18)5-9-15/h2-10H,1H3. The number of aromatic nitrogens is 2. The number of nitrogens with zero attached hydrogens (tertiary/aromatic N) is 2. The lowest BCUT2D eigenvalue weighted by Crippen LogP contribution is -2.15. The van der Waals surface area contributed by atoms with Gasteiger partial charge in [0.1, 0.15) is 0 Å². The lowest BCUT2D eigenvalue weighted by Gasteiger charge is -2.07. The van der Waals surface area contributed by atoms with E-state index in [1.54, 1.807) is 25.3 Å². The molecule has 3 rings (SSSR count). The third-order valence-corrected chi connectivity index (χ3v) is 6.63. The third-order valence-electron chi connectivity index (χ3n) is 3.30. The van der Waals surface area contributed by atoms with Crippen LogP contribution in [0.4, 0.5) is 0 Å². The Labute approximate surface area is 154 Å². The van der Waals surface area contributed by atoms with Crippen molar-refractivity contribution in [2.75, 3.05) is 0 Å². The van der Waals surface area contributed by atoms with Crippen LogP contribution in [0, 0.1) is 6.92 Å². The molecule has 0 aliphatic rings. The second-order valence-electron chi connectivity index (χ2n) is 4.95. The van der Waals surface area contributed by atoms with Crippen LogP contribution in [0.5, 0.6) is 0 Å². The van der Waals surface area contributed by atoms with Gasteiger partial charge in [0.25, 0.3) is 10.0 Å². The molecule has 2 aromatic carbocycles. The fourth-order valence-corrected chi connectivity index (χ4v) is 4.54. The molecule has 0 spiro atoms. The van der Waals surface area contributed by atoms with Crippen molar-refractivity contribution in [2.24, 2.45) is 0 Å². The molecule has 0 aliphatic carbocycles. The van der Waals surface area contributed by atoms with Gasteiger partial charge in [-0.1, -0.05) is 35.0 Å². The van der Waals surface area contributed by atoms with Gasteiger partial charge in [-0.2, -0.15) is 17.6 Å². The summed E-state index contributed by atoms with van der Waals surface area (Å²) in [6.45, 7) is 1.72. The first kappa shape index (κ1) is 17.4. The van der Waals surface area contributed by atoms with Crippen LogP contribution in [-0.4, -0.2) is 17.6 Å². The van der Waals surface area contributed by atoms with E-state index < -0.39 is 10.0 Å². The van der Waals surface area contributed by atoms with Gasteiger partial charge in [-0.25, -0.2) is 0 Å². The van der Waals surface area contributed by atoms with Crippen molar-refractivity contribution in [3.05, 3.63) is 70.5 Å². The van der Waals surface area contributed by atoms with Crippen LogP contribution >= 0.6 is 35.0 Å². The van der Waals surface area contributed by atoms with Gasteiger partial charge in [0.2, 0.25) is 0 Å². The summed E-state index contributed by atoms with van der Waals surface area (Å²) < 4.78 is 26.5. The highest BCUT2D eigenvalue weighted by molar-refractivity contribution is 7.99. The summed E-state index contributed by atoms with van der Waals surface area (Å²) in [5.74, 6) is 0. The number of hydrogen-bond donors (Lipinski definition) is 0. The largest absolute Gasteiger partial charge is 0.283 e. The molecule has 1 aromatic heterocycles. The van der Waals surface area contributed by atoms with Crippen LogP contribution in [0.2, 0.25) is 10.0 Å². The summed E-state index contributed by atoms with van der Waals surface area (Å²) in [7, 11) is -3.75.